The first-order chi connectivity index (χ1) is 5.91. The maximum Gasteiger partial charge on any atom is 0.193 e. The molecule has 0 unspecified atom stereocenters. The lowest BCUT2D eigenvalue weighted by atomic mass is 10.2. The second-order valence-electron chi connectivity index (χ2n) is 4.88. The average Bonchev–Trinajstić information content (AvgIpc) is 2.09. The van der Waals surface area contributed by atoms with E-state index in [2.05, 4.69) is 19.6 Å². The Morgan fingerprint density at radius 2 is 1.46 bits per heavy atom. The fourth-order valence-electron chi connectivity index (χ4n) is 1.76. The van der Waals surface area contributed by atoms with Gasteiger partial charge in [0.25, 0.3) is 0 Å². The number of hydrogen-bond acceptors (Lipinski definition) is 2. The van der Waals surface area contributed by atoms with Gasteiger partial charge in [-0.3, -0.25) is 4.57 Å². The van der Waals surface area contributed by atoms with E-state index in [9.17, 15) is 4.57 Å². The summed E-state index contributed by atoms with van der Waals surface area (Å²) in [6.07, 6.45) is 6.33. The summed E-state index contributed by atoms with van der Waals surface area (Å²) in [4.78, 5) is 0. The maximum atomic E-state index is 12.3. The van der Waals surface area contributed by atoms with Crippen molar-refractivity contribution in [1.82, 2.24) is 0 Å². The number of hydrogen-bond donors (Lipinski definition) is 0. The highest BCUT2D eigenvalue weighted by molar-refractivity contribution is 7.60. The highest BCUT2D eigenvalue weighted by atomic mass is 31.2. The third-order valence-electron chi connectivity index (χ3n) is 2.19. The van der Waals surface area contributed by atoms with Gasteiger partial charge in [0, 0.05) is 12.3 Å². The predicted octanol–water partition coefficient (Wildman–Crippen LogP) is 3.69. The first-order valence-electron chi connectivity index (χ1n) is 5.20. The molecule has 0 spiro atoms. The average molecular weight is 220 g/mol. The molecule has 0 aromatic carbocycles. The molecule has 0 atom stereocenters. The molecule has 78 valence electrons. The molecular formula is C9H21O2PSi. The molecule has 0 amide bonds. The molecule has 0 radical (unpaired) electrons. The SMILES string of the molecule is C[Si](C)(C)OP1(=O)CCCCCC1. The summed E-state index contributed by atoms with van der Waals surface area (Å²) in [5, 5.41) is 0. The van der Waals surface area contributed by atoms with E-state index < -0.39 is 15.7 Å². The van der Waals surface area contributed by atoms with Gasteiger partial charge in [-0.05, 0) is 32.5 Å². The van der Waals surface area contributed by atoms with Gasteiger partial charge < -0.3 is 4.21 Å². The topological polar surface area (TPSA) is 26.3 Å². The zero-order valence-corrected chi connectivity index (χ0v) is 10.9. The Balaban J connectivity index is 2.57. The van der Waals surface area contributed by atoms with Gasteiger partial charge in [0.2, 0.25) is 0 Å². The zero-order valence-electron chi connectivity index (χ0n) is 9.01. The normalized spacial score (nSPS) is 23.9. The van der Waals surface area contributed by atoms with Gasteiger partial charge >= 0.3 is 0 Å². The molecule has 2 nitrogen and oxygen atoms in total. The summed E-state index contributed by atoms with van der Waals surface area (Å²) >= 11 is 0. The van der Waals surface area contributed by atoms with Crippen LogP contribution in [0.25, 0.3) is 0 Å². The summed E-state index contributed by atoms with van der Waals surface area (Å²) in [6, 6.07) is 0. The van der Waals surface area contributed by atoms with E-state index in [0.29, 0.717) is 0 Å². The Hall–Kier alpha value is 0.407. The van der Waals surface area contributed by atoms with Crippen molar-refractivity contribution in [3.8, 4) is 0 Å². The maximum absolute atomic E-state index is 12.3. The van der Waals surface area contributed by atoms with E-state index in [1.54, 1.807) is 0 Å². The van der Waals surface area contributed by atoms with Crippen LogP contribution in [0, 0.1) is 0 Å². The van der Waals surface area contributed by atoms with Gasteiger partial charge in [0.15, 0.2) is 15.7 Å². The van der Waals surface area contributed by atoms with E-state index >= 15 is 0 Å². The molecule has 0 N–H and O–H groups in total. The van der Waals surface area contributed by atoms with Crippen molar-refractivity contribution in [2.24, 2.45) is 0 Å². The van der Waals surface area contributed by atoms with Crippen LogP contribution >= 0.6 is 7.37 Å². The molecule has 4 heteroatoms. The molecule has 1 saturated heterocycles. The Morgan fingerprint density at radius 3 is 1.85 bits per heavy atom. The smallest absolute Gasteiger partial charge is 0.193 e. The van der Waals surface area contributed by atoms with Crippen molar-refractivity contribution < 1.29 is 8.78 Å². The van der Waals surface area contributed by atoms with Gasteiger partial charge in [-0.2, -0.15) is 0 Å². The summed E-state index contributed by atoms with van der Waals surface area (Å²) in [5.41, 5.74) is 0. The lowest BCUT2D eigenvalue weighted by molar-refractivity contribution is 0.480. The van der Waals surface area contributed by atoms with Gasteiger partial charge in [0.1, 0.15) is 0 Å². The third-order valence-corrected chi connectivity index (χ3v) is 7.70. The zero-order chi connectivity index (χ0) is 9.95. The Bertz CT molecular complexity index is 198. The van der Waals surface area contributed by atoms with Gasteiger partial charge in [-0.15, -0.1) is 0 Å². The molecule has 0 aromatic rings. The van der Waals surface area contributed by atoms with Crippen LogP contribution in [0.15, 0.2) is 0 Å². The first-order valence-corrected chi connectivity index (χ1v) is 10.6. The molecule has 1 heterocycles. The molecule has 13 heavy (non-hydrogen) atoms. The summed E-state index contributed by atoms with van der Waals surface area (Å²) < 4.78 is 18.1. The highest BCUT2D eigenvalue weighted by Gasteiger charge is 2.30. The molecule has 0 aromatic heterocycles. The second-order valence-corrected chi connectivity index (χ2v) is 12.4. The van der Waals surface area contributed by atoms with Crippen molar-refractivity contribution in [1.29, 1.82) is 0 Å². The minimum absolute atomic E-state index is 0.831. The molecular weight excluding hydrogens is 199 g/mol. The molecule has 1 fully saturated rings. The molecule has 1 aliphatic heterocycles. The first kappa shape index (κ1) is 11.5. The van der Waals surface area contributed by atoms with Crippen molar-refractivity contribution in [2.75, 3.05) is 12.3 Å². The summed E-state index contributed by atoms with van der Waals surface area (Å²) in [6.45, 7) is 6.37. The van der Waals surface area contributed by atoms with Gasteiger partial charge in [-0.1, -0.05) is 12.8 Å². The Morgan fingerprint density at radius 1 is 1.00 bits per heavy atom. The van der Waals surface area contributed by atoms with Crippen molar-refractivity contribution in [3.63, 3.8) is 0 Å². The van der Waals surface area contributed by atoms with Gasteiger partial charge in [0.05, 0.1) is 0 Å². The highest BCUT2D eigenvalue weighted by Crippen LogP contribution is 2.52. The largest absolute Gasteiger partial charge is 0.370 e. The minimum Gasteiger partial charge on any atom is -0.370 e. The van der Waals surface area contributed by atoms with Gasteiger partial charge in [-0.25, -0.2) is 0 Å². The van der Waals surface area contributed by atoms with E-state index in [4.69, 9.17) is 4.21 Å². The van der Waals surface area contributed by atoms with E-state index in [0.717, 1.165) is 25.2 Å². The predicted molar refractivity (Wildman–Crippen MR) is 60.2 cm³/mol. The Labute approximate surface area is 82.6 Å². The fourth-order valence-corrected chi connectivity index (χ4v) is 8.12. The van der Waals surface area contributed by atoms with Crippen LogP contribution in [0.5, 0.6) is 0 Å². The fraction of sp³-hybridized carbons (Fsp3) is 1.00. The molecule has 1 aliphatic rings. The Kier molecular flexibility index (Phi) is 3.79. The van der Waals surface area contributed by atoms with E-state index in [-0.39, 0.29) is 0 Å². The third kappa shape index (κ3) is 4.43. The molecule has 0 aliphatic carbocycles. The van der Waals surface area contributed by atoms with Crippen LogP contribution in [0.4, 0.5) is 0 Å². The molecule has 0 bridgehead atoms. The van der Waals surface area contributed by atoms with E-state index in [1.165, 1.54) is 12.8 Å². The molecule has 0 saturated carbocycles. The quantitative estimate of drug-likeness (QED) is 0.524. The standard InChI is InChI=1S/C9H21O2PSi/c1-13(2,3)11-12(10)8-6-4-5-7-9-12/h4-9H2,1-3H3. The van der Waals surface area contributed by atoms with Crippen molar-refractivity contribution in [3.05, 3.63) is 0 Å². The van der Waals surface area contributed by atoms with Crippen LogP contribution in [0.3, 0.4) is 0 Å². The van der Waals surface area contributed by atoms with Crippen LogP contribution in [0.1, 0.15) is 25.7 Å². The van der Waals surface area contributed by atoms with Crippen LogP contribution < -0.4 is 0 Å². The summed E-state index contributed by atoms with van der Waals surface area (Å²) in [7, 11) is -3.82. The monoisotopic (exact) mass is 220 g/mol. The van der Waals surface area contributed by atoms with E-state index in [1.807, 2.05) is 0 Å². The minimum atomic E-state index is -2.22. The van der Waals surface area contributed by atoms with Crippen LogP contribution in [-0.4, -0.2) is 20.6 Å². The van der Waals surface area contributed by atoms with Crippen LogP contribution in [0.2, 0.25) is 19.6 Å². The van der Waals surface area contributed by atoms with Crippen molar-refractivity contribution >= 4 is 15.7 Å². The lowest BCUT2D eigenvalue weighted by Gasteiger charge is -2.25. The molecule has 1 rings (SSSR count). The second kappa shape index (κ2) is 4.29. The van der Waals surface area contributed by atoms with Crippen LogP contribution in [-0.2, 0) is 8.78 Å². The number of rotatable bonds is 2. The lowest BCUT2D eigenvalue weighted by Crippen LogP contribution is -2.24. The van der Waals surface area contributed by atoms with Crippen molar-refractivity contribution in [2.45, 2.75) is 45.3 Å². The summed E-state index contributed by atoms with van der Waals surface area (Å²) in [5.74, 6) is 0.